The van der Waals surface area contributed by atoms with Gasteiger partial charge >= 0.3 is 0 Å². The summed E-state index contributed by atoms with van der Waals surface area (Å²) in [6, 6.07) is 8.81. The van der Waals surface area contributed by atoms with Crippen molar-refractivity contribution >= 4 is 40.6 Å². The molecule has 0 saturated carbocycles. The first-order valence-corrected chi connectivity index (χ1v) is 10.0. The number of nitrogens with zero attached hydrogens (tertiary/aromatic N) is 6. The molecule has 29 heavy (non-hydrogen) atoms. The van der Waals surface area contributed by atoms with Gasteiger partial charge in [0, 0.05) is 24.3 Å². The van der Waals surface area contributed by atoms with Crippen molar-refractivity contribution in [3.05, 3.63) is 48.5 Å². The molecule has 1 unspecified atom stereocenters. The molecule has 4 rings (SSSR count). The summed E-state index contributed by atoms with van der Waals surface area (Å²) in [6.07, 6.45) is 3.82. The minimum absolute atomic E-state index is 0.0436. The predicted octanol–water partition coefficient (Wildman–Crippen LogP) is 2.41. The van der Waals surface area contributed by atoms with Crippen LogP contribution in [0.1, 0.15) is 29.4 Å². The minimum Gasteiger partial charge on any atom is -0.321 e. The standard InChI is InChI=1S/C19H17N7O2S/c20-10-29-9-14(25-8-4-7-15(25)27)26-12-23-16-17(21-11-22-18(16)26)24-19(28)13-5-2-1-3-6-13/h1-3,5-6,11-12,14H,4,7-9H2,(H,21,22,24,28). The number of thioether (sulfide) groups is 1. The molecule has 1 atom stereocenters. The van der Waals surface area contributed by atoms with Crippen LogP contribution in [0.4, 0.5) is 5.82 Å². The summed E-state index contributed by atoms with van der Waals surface area (Å²) < 4.78 is 1.77. The smallest absolute Gasteiger partial charge is 0.256 e. The van der Waals surface area contributed by atoms with Crippen molar-refractivity contribution in [3.8, 4) is 5.40 Å². The number of aromatic nitrogens is 4. The zero-order chi connectivity index (χ0) is 20.2. The van der Waals surface area contributed by atoms with Crippen LogP contribution in [-0.4, -0.2) is 48.5 Å². The third-order valence-electron chi connectivity index (χ3n) is 4.71. The Morgan fingerprint density at radius 3 is 2.83 bits per heavy atom. The van der Waals surface area contributed by atoms with Crippen molar-refractivity contribution in [1.82, 2.24) is 24.4 Å². The summed E-state index contributed by atoms with van der Waals surface area (Å²) in [7, 11) is 0. The Morgan fingerprint density at radius 1 is 1.28 bits per heavy atom. The Balaban J connectivity index is 1.68. The summed E-state index contributed by atoms with van der Waals surface area (Å²) in [6.45, 7) is 0.623. The van der Waals surface area contributed by atoms with Crippen LogP contribution in [-0.2, 0) is 4.79 Å². The number of thiocyanates is 1. The van der Waals surface area contributed by atoms with Crippen LogP contribution >= 0.6 is 11.8 Å². The van der Waals surface area contributed by atoms with Gasteiger partial charge < -0.3 is 10.2 Å². The first-order valence-electron chi connectivity index (χ1n) is 9.03. The van der Waals surface area contributed by atoms with E-state index in [-0.39, 0.29) is 18.0 Å². The monoisotopic (exact) mass is 407 g/mol. The maximum absolute atomic E-state index is 12.5. The van der Waals surface area contributed by atoms with Crippen LogP contribution in [0.2, 0.25) is 0 Å². The van der Waals surface area contributed by atoms with Gasteiger partial charge in [-0.25, -0.2) is 15.0 Å². The average Bonchev–Trinajstić information content (AvgIpc) is 3.37. The molecular weight excluding hydrogens is 390 g/mol. The molecule has 9 nitrogen and oxygen atoms in total. The number of hydrogen-bond acceptors (Lipinski definition) is 7. The molecule has 10 heteroatoms. The molecule has 3 aromatic rings. The molecule has 2 amide bonds. The van der Waals surface area contributed by atoms with Gasteiger partial charge in [-0.15, -0.1) is 0 Å². The quantitative estimate of drug-likeness (QED) is 0.624. The van der Waals surface area contributed by atoms with E-state index in [2.05, 4.69) is 25.7 Å². The van der Waals surface area contributed by atoms with Crippen LogP contribution in [0, 0.1) is 10.7 Å². The second kappa shape index (κ2) is 8.28. The van der Waals surface area contributed by atoms with Crippen LogP contribution in [0.15, 0.2) is 43.0 Å². The highest BCUT2D eigenvalue weighted by atomic mass is 32.2. The number of hydrogen-bond donors (Lipinski definition) is 1. The Labute approximate surface area is 170 Å². The van der Waals surface area contributed by atoms with Crippen molar-refractivity contribution < 1.29 is 9.59 Å². The van der Waals surface area contributed by atoms with E-state index >= 15 is 0 Å². The SMILES string of the molecule is N#CSCC(N1CCCC1=O)n1cnc2c(NC(=O)c3ccccc3)ncnc21. The number of anilines is 1. The summed E-state index contributed by atoms with van der Waals surface area (Å²) in [5.74, 6) is 0.430. The van der Waals surface area contributed by atoms with Gasteiger partial charge in [0.25, 0.3) is 5.91 Å². The lowest BCUT2D eigenvalue weighted by Gasteiger charge is -2.28. The molecule has 1 aliphatic heterocycles. The van der Waals surface area contributed by atoms with Crippen LogP contribution in [0.5, 0.6) is 0 Å². The van der Waals surface area contributed by atoms with Gasteiger partial charge in [0.05, 0.1) is 6.33 Å². The van der Waals surface area contributed by atoms with Crippen LogP contribution < -0.4 is 5.32 Å². The topological polar surface area (TPSA) is 117 Å². The molecule has 1 aromatic carbocycles. The lowest BCUT2D eigenvalue weighted by Crippen LogP contribution is -2.35. The van der Waals surface area contributed by atoms with Gasteiger partial charge in [-0.05, 0) is 30.3 Å². The number of nitrogens with one attached hydrogen (secondary N) is 1. The third-order valence-corrected chi connectivity index (χ3v) is 5.31. The molecule has 0 radical (unpaired) electrons. The number of fused-ring (bicyclic) bond motifs is 1. The van der Waals surface area contributed by atoms with E-state index in [1.54, 1.807) is 40.1 Å². The Morgan fingerprint density at radius 2 is 2.10 bits per heavy atom. The molecule has 1 fully saturated rings. The molecule has 2 aromatic heterocycles. The third kappa shape index (κ3) is 3.77. The van der Waals surface area contributed by atoms with Crippen molar-refractivity contribution in [2.45, 2.75) is 19.0 Å². The predicted molar refractivity (Wildman–Crippen MR) is 108 cm³/mol. The van der Waals surface area contributed by atoms with Gasteiger partial charge in [0.2, 0.25) is 5.91 Å². The Hall–Kier alpha value is -3.45. The molecule has 0 aliphatic carbocycles. The van der Waals surface area contributed by atoms with E-state index in [4.69, 9.17) is 5.26 Å². The van der Waals surface area contributed by atoms with E-state index in [1.807, 2.05) is 6.07 Å². The number of carbonyl (C=O) groups excluding carboxylic acids is 2. The number of benzene rings is 1. The van der Waals surface area contributed by atoms with Crippen molar-refractivity contribution in [3.63, 3.8) is 0 Å². The Bertz CT molecular complexity index is 1090. The van der Waals surface area contributed by atoms with Crippen LogP contribution in [0.25, 0.3) is 11.2 Å². The summed E-state index contributed by atoms with van der Waals surface area (Å²) in [5.41, 5.74) is 1.42. The summed E-state index contributed by atoms with van der Waals surface area (Å²) in [4.78, 5) is 39.4. The van der Waals surface area contributed by atoms with E-state index in [9.17, 15) is 9.59 Å². The van der Waals surface area contributed by atoms with Crippen LogP contribution in [0.3, 0.4) is 0 Å². The number of nitriles is 1. The largest absolute Gasteiger partial charge is 0.321 e. The number of amides is 2. The number of carbonyl (C=O) groups is 2. The molecule has 1 N–H and O–H groups in total. The van der Waals surface area contributed by atoms with Gasteiger partial charge in [-0.2, -0.15) is 5.26 Å². The fraction of sp³-hybridized carbons (Fsp3) is 0.263. The molecule has 1 saturated heterocycles. The van der Waals surface area contributed by atoms with E-state index in [1.165, 1.54) is 6.33 Å². The zero-order valence-corrected chi connectivity index (χ0v) is 16.2. The van der Waals surface area contributed by atoms with Gasteiger partial charge in [0.1, 0.15) is 17.9 Å². The van der Waals surface area contributed by atoms with E-state index in [0.717, 1.165) is 18.2 Å². The van der Waals surface area contributed by atoms with Gasteiger partial charge in [-0.1, -0.05) is 18.2 Å². The number of rotatable bonds is 6. The Kier molecular flexibility index (Phi) is 5.39. The zero-order valence-electron chi connectivity index (χ0n) is 15.4. The fourth-order valence-electron chi connectivity index (χ4n) is 3.35. The normalized spacial score (nSPS) is 14.7. The molecule has 1 aliphatic rings. The second-order valence-electron chi connectivity index (χ2n) is 6.44. The first-order chi connectivity index (χ1) is 14.2. The van der Waals surface area contributed by atoms with E-state index < -0.39 is 0 Å². The lowest BCUT2D eigenvalue weighted by atomic mass is 10.2. The molecule has 146 valence electrons. The van der Waals surface area contributed by atoms with Crippen molar-refractivity contribution in [1.29, 1.82) is 5.26 Å². The second-order valence-corrected chi connectivity index (χ2v) is 7.24. The summed E-state index contributed by atoms with van der Waals surface area (Å²) >= 11 is 1.07. The highest BCUT2D eigenvalue weighted by molar-refractivity contribution is 8.03. The molecule has 0 bridgehead atoms. The van der Waals surface area contributed by atoms with Crippen molar-refractivity contribution in [2.75, 3.05) is 17.6 Å². The van der Waals surface area contributed by atoms with E-state index in [0.29, 0.717) is 41.3 Å². The lowest BCUT2D eigenvalue weighted by molar-refractivity contribution is -0.130. The summed E-state index contributed by atoms with van der Waals surface area (Å²) in [5, 5.41) is 13.8. The number of imidazole rings is 1. The molecule has 3 heterocycles. The molecular formula is C19H17N7O2S. The first kappa shape index (κ1) is 18.9. The fourth-order valence-corrected chi connectivity index (χ4v) is 3.91. The number of likely N-dealkylation sites (tertiary alicyclic amines) is 1. The van der Waals surface area contributed by atoms with Gasteiger partial charge in [-0.3, -0.25) is 14.2 Å². The maximum atomic E-state index is 12.5. The maximum Gasteiger partial charge on any atom is 0.256 e. The minimum atomic E-state index is -0.382. The average molecular weight is 407 g/mol. The van der Waals surface area contributed by atoms with Crippen molar-refractivity contribution in [2.24, 2.45) is 0 Å². The highest BCUT2D eigenvalue weighted by Gasteiger charge is 2.30. The highest BCUT2D eigenvalue weighted by Crippen LogP contribution is 2.28. The molecule has 0 spiro atoms. The van der Waals surface area contributed by atoms with Gasteiger partial charge in [0.15, 0.2) is 17.0 Å².